The van der Waals surface area contributed by atoms with Gasteiger partial charge < -0.3 is 14.4 Å². The summed E-state index contributed by atoms with van der Waals surface area (Å²) in [6.45, 7) is 5.67. The highest BCUT2D eigenvalue weighted by molar-refractivity contribution is 7.99. The summed E-state index contributed by atoms with van der Waals surface area (Å²) in [4.78, 5) is 17.1. The molecule has 29 heavy (non-hydrogen) atoms. The number of para-hydroxylation sites is 2. The van der Waals surface area contributed by atoms with Crippen molar-refractivity contribution in [2.75, 3.05) is 50.5 Å². The quantitative estimate of drug-likeness (QED) is 0.481. The number of piperazine rings is 1. The number of carbonyl (C=O) groups is 1. The molecule has 2 aromatic rings. The van der Waals surface area contributed by atoms with Crippen molar-refractivity contribution in [2.45, 2.75) is 17.9 Å². The molecular formula is C22H27FN2O3S. The molecule has 0 aliphatic carbocycles. The van der Waals surface area contributed by atoms with E-state index in [1.807, 2.05) is 18.2 Å². The first-order valence-corrected chi connectivity index (χ1v) is 10.7. The van der Waals surface area contributed by atoms with Crippen LogP contribution in [0.4, 0.5) is 10.1 Å². The van der Waals surface area contributed by atoms with Gasteiger partial charge >= 0.3 is 5.97 Å². The van der Waals surface area contributed by atoms with Crippen molar-refractivity contribution < 1.29 is 18.7 Å². The Morgan fingerprint density at radius 1 is 1.10 bits per heavy atom. The maximum absolute atomic E-state index is 13.1. The predicted octanol–water partition coefficient (Wildman–Crippen LogP) is 3.68. The Bertz CT molecular complexity index is 795. The number of benzene rings is 2. The number of carbonyl (C=O) groups excluding carboxylic acids is 1. The summed E-state index contributed by atoms with van der Waals surface area (Å²) in [6, 6.07) is 14.4. The largest absolute Gasteiger partial charge is 0.495 e. The summed E-state index contributed by atoms with van der Waals surface area (Å²) < 4.78 is 24.1. The Labute approximate surface area is 175 Å². The lowest BCUT2D eigenvalue weighted by atomic mass is 10.2. The smallest absolute Gasteiger partial charge is 0.302 e. The molecule has 1 fully saturated rings. The van der Waals surface area contributed by atoms with Gasteiger partial charge in [0.05, 0.1) is 12.8 Å². The Hall–Kier alpha value is -2.25. The zero-order valence-electron chi connectivity index (χ0n) is 16.8. The monoisotopic (exact) mass is 418 g/mol. The minimum atomic E-state index is -0.276. The predicted molar refractivity (Wildman–Crippen MR) is 114 cm³/mol. The van der Waals surface area contributed by atoms with E-state index in [1.165, 1.54) is 19.1 Å². The van der Waals surface area contributed by atoms with Gasteiger partial charge in [0.1, 0.15) is 17.7 Å². The van der Waals surface area contributed by atoms with Crippen molar-refractivity contribution in [3.8, 4) is 5.75 Å². The van der Waals surface area contributed by atoms with Crippen LogP contribution in [0.2, 0.25) is 0 Å². The first-order chi connectivity index (χ1) is 14.0. The molecular weight excluding hydrogens is 391 g/mol. The number of anilines is 1. The molecule has 0 radical (unpaired) electrons. The fourth-order valence-electron chi connectivity index (χ4n) is 3.43. The molecule has 0 spiro atoms. The van der Waals surface area contributed by atoms with Crippen molar-refractivity contribution in [3.05, 3.63) is 54.3 Å². The first kappa shape index (κ1) is 21.5. The van der Waals surface area contributed by atoms with E-state index in [1.54, 1.807) is 31.0 Å². The number of ether oxygens (including phenoxy) is 2. The average molecular weight is 419 g/mol. The first-order valence-electron chi connectivity index (χ1n) is 9.71. The molecule has 0 amide bonds. The van der Waals surface area contributed by atoms with Crippen LogP contribution in [0.1, 0.15) is 6.92 Å². The van der Waals surface area contributed by atoms with Gasteiger partial charge in [-0.15, -0.1) is 11.8 Å². The van der Waals surface area contributed by atoms with Gasteiger partial charge in [-0.3, -0.25) is 9.69 Å². The van der Waals surface area contributed by atoms with Crippen LogP contribution in [0.15, 0.2) is 53.4 Å². The van der Waals surface area contributed by atoms with Gasteiger partial charge in [-0.25, -0.2) is 4.39 Å². The van der Waals surface area contributed by atoms with E-state index < -0.39 is 0 Å². The second-order valence-corrected chi connectivity index (χ2v) is 8.05. The van der Waals surface area contributed by atoms with Gasteiger partial charge in [0, 0.05) is 50.3 Å². The van der Waals surface area contributed by atoms with Crippen LogP contribution < -0.4 is 9.64 Å². The van der Waals surface area contributed by atoms with E-state index in [-0.39, 0.29) is 17.9 Å². The van der Waals surface area contributed by atoms with Gasteiger partial charge in [0.15, 0.2) is 0 Å². The summed E-state index contributed by atoms with van der Waals surface area (Å²) in [6.07, 6.45) is -0.208. The summed E-state index contributed by atoms with van der Waals surface area (Å²) in [5, 5.41) is 0. The van der Waals surface area contributed by atoms with Gasteiger partial charge in [-0.2, -0.15) is 0 Å². The Morgan fingerprint density at radius 3 is 2.45 bits per heavy atom. The third-order valence-electron chi connectivity index (χ3n) is 4.84. The molecule has 0 N–H and O–H groups in total. The Kier molecular flexibility index (Phi) is 7.77. The van der Waals surface area contributed by atoms with E-state index in [4.69, 9.17) is 9.47 Å². The maximum Gasteiger partial charge on any atom is 0.302 e. The highest BCUT2D eigenvalue weighted by Crippen LogP contribution is 2.28. The van der Waals surface area contributed by atoms with Crippen molar-refractivity contribution in [1.82, 2.24) is 4.90 Å². The van der Waals surface area contributed by atoms with Crippen LogP contribution in [0, 0.1) is 5.82 Å². The lowest BCUT2D eigenvalue weighted by Crippen LogP contribution is -2.49. The molecule has 0 aromatic heterocycles. The molecule has 1 saturated heterocycles. The van der Waals surface area contributed by atoms with Crippen molar-refractivity contribution in [3.63, 3.8) is 0 Å². The van der Waals surface area contributed by atoms with Gasteiger partial charge in [0.2, 0.25) is 0 Å². The molecule has 2 aromatic carbocycles. The summed E-state index contributed by atoms with van der Waals surface area (Å²) in [7, 11) is 1.69. The van der Waals surface area contributed by atoms with Gasteiger partial charge in [-0.05, 0) is 36.4 Å². The molecule has 7 heteroatoms. The highest BCUT2D eigenvalue weighted by atomic mass is 32.2. The van der Waals surface area contributed by atoms with E-state index in [9.17, 15) is 9.18 Å². The topological polar surface area (TPSA) is 42.0 Å². The van der Waals surface area contributed by atoms with E-state index in [2.05, 4.69) is 15.9 Å². The van der Waals surface area contributed by atoms with E-state index in [0.717, 1.165) is 42.5 Å². The lowest BCUT2D eigenvalue weighted by Gasteiger charge is -2.37. The minimum absolute atomic E-state index is 0.208. The molecule has 1 atom stereocenters. The fraction of sp³-hybridized carbons (Fsp3) is 0.409. The number of halogens is 1. The second-order valence-electron chi connectivity index (χ2n) is 6.96. The van der Waals surface area contributed by atoms with Crippen LogP contribution in [0.3, 0.4) is 0 Å². The van der Waals surface area contributed by atoms with Crippen molar-refractivity contribution >= 4 is 23.4 Å². The number of thioether (sulfide) groups is 1. The Morgan fingerprint density at radius 2 is 1.79 bits per heavy atom. The lowest BCUT2D eigenvalue weighted by molar-refractivity contribution is -0.146. The molecule has 1 heterocycles. The molecule has 1 unspecified atom stereocenters. The maximum atomic E-state index is 13.1. The molecule has 1 aliphatic heterocycles. The highest BCUT2D eigenvalue weighted by Gasteiger charge is 2.23. The van der Waals surface area contributed by atoms with E-state index in [0.29, 0.717) is 12.3 Å². The summed E-state index contributed by atoms with van der Waals surface area (Å²) in [5.74, 6) is 0.994. The average Bonchev–Trinajstić information content (AvgIpc) is 2.73. The molecule has 156 valence electrons. The molecule has 0 saturated carbocycles. The zero-order chi connectivity index (χ0) is 20.6. The Balaban J connectivity index is 1.53. The SMILES string of the molecule is COc1ccccc1N1CCN(CC(CSc2ccc(F)cc2)OC(C)=O)CC1. The molecule has 1 aliphatic rings. The van der Waals surface area contributed by atoms with Crippen molar-refractivity contribution in [1.29, 1.82) is 0 Å². The van der Waals surface area contributed by atoms with Crippen LogP contribution >= 0.6 is 11.8 Å². The normalized spacial score (nSPS) is 15.8. The van der Waals surface area contributed by atoms with Gasteiger partial charge in [-0.1, -0.05) is 12.1 Å². The number of rotatable bonds is 8. The number of hydrogen-bond acceptors (Lipinski definition) is 6. The van der Waals surface area contributed by atoms with E-state index >= 15 is 0 Å². The molecule has 3 rings (SSSR count). The van der Waals surface area contributed by atoms with Crippen LogP contribution in [-0.4, -0.2) is 62.6 Å². The molecule has 0 bridgehead atoms. The summed E-state index contributed by atoms with van der Waals surface area (Å²) >= 11 is 1.57. The van der Waals surface area contributed by atoms with Crippen LogP contribution in [-0.2, 0) is 9.53 Å². The third-order valence-corrected chi connectivity index (χ3v) is 5.99. The number of esters is 1. The van der Waals surface area contributed by atoms with Crippen LogP contribution in [0.25, 0.3) is 0 Å². The van der Waals surface area contributed by atoms with Gasteiger partial charge in [0.25, 0.3) is 0 Å². The minimum Gasteiger partial charge on any atom is -0.495 e. The third kappa shape index (κ3) is 6.37. The number of methoxy groups -OCH3 is 1. The molecule has 5 nitrogen and oxygen atoms in total. The second kappa shape index (κ2) is 10.5. The van der Waals surface area contributed by atoms with Crippen molar-refractivity contribution in [2.24, 2.45) is 0 Å². The standard InChI is InChI=1S/C22H27FN2O3S/c1-17(26)28-19(16-29-20-9-7-18(23)8-10-20)15-24-11-13-25(14-12-24)21-5-3-4-6-22(21)27-2/h3-10,19H,11-16H2,1-2H3. The number of hydrogen-bond donors (Lipinski definition) is 0. The number of nitrogens with zero attached hydrogens (tertiary/aromatic N) is 2. The zero-order valence-corrected chi connectivity index (χ0v) is 17.7. The fourth-order valence-corrected chi connectivity index (χ4v) is 4.31. The summed E-state index contributed by atoms with van der Waals surface area (Å²) in [5.41, 5.74) is 1.11. The van der Waals surface area contributed by atoms with Crippen LogP contribution in [0.5, 0.6) is 5.75 Å².